The lowest BCUT2D eigenvalue weighted by atomic mass is 10.0. The van der Waals surface area contributed by atoms with E-state index in [4.69, 9.17) is 9.47 Å². The Kier molecular flexibility index (Phi) is 6.76. The molecule has 6 nitrogen and oxygen atoms in total. The third-order valence-corrected chi connectivity index (χ3v) is 5.30. The van der Waals surface area contributed by atoms with Crippen molar-refractivity contribution in [3.05, 3.63) is 59.7 Å². The Hall–Kier alpha value is -2.73. The van der Waals surface area contributed by atoms with Crippen LogP contribution in [0.3, 0.4) is 0 Å². The fourth-order valence-electron chi connectivity index (χ4n) is 3.66. The number of para-hydroxylation sites is 2. The number of amides is 2. The highest BCUT2D eigenvalue weighted by Gasteiger charge is 2.30. The molecule has 2 aromatic carbocycles. The zero-order valence-electron chi connectivity index (χ0n) is 16.9. The van der Waals surface area contributed by atoms with Crippen LogP contribution in [-0.4, -0.2) is 63.3 Å². The van der Waals surface area contributed by atoms with Crippen LogP contribution in [0.4, 0.5) is 4.79 Å². The summed E-state index contributed by atoms with van der Waals surface area (Å²) in [4.78, 5) is 16.9. The number of carbonyl (C=O) groups is 1. The molecule has 2 amide bonds. The summed E-state index contributed by atoms with van der Waals surface area (Å²) in [6.45, 7) is 2.74. The van der Waals surface area contributed by atoms with Gasteiger partial charge >= 0.3 is 6.03 Å². The van der Waals surface area contributed by atoms with Crippen molar-refractivity contribution in [3.8, 4) is 11.5 Å². The van der Waals surface area contributed by atoms with E-state index in [0.717, 1.165) is 35.6 Å². The van der Waals surface area contributed by atoms with Gasteiger partial charge < -0.3 is 19.7 Å². The summed E-state index contributed by atoms with van der Waals surface area (Å²) in [7, 11) is 5.44. The molecule has 1 atom stereocenters. The second kappa shape index (κ2) is 9.46. The van der Waals surface area contributed by atoms with E-state index < -0.39 is 0 Å². The van der Waals surface area contributed by atoms with Crippen LogP contribution in [0.1, 0.15) is 17.2 Å². The highest BCUT2D eigenvalue weighted by molar-refractivity contribution is 5.74. The van der Waals surface area contributed by atoms with Gasteiger partial charge in [0.1, 0.15) is 11.5 Å². The minimum atomic E-state index is -0.0251. The number of ether oxygens (including phenoxy) is 2. The molecule has 3 rings (SSSR count). The van der Waals surface area contributed by atoms with Gasteiger partial charge in [0, 0.05) is 31.7 Å². The van der Waals surface area contributed by atoms with E-state index in [1.54, 1.807) is 14.2 Å². The van der Waals surface area contributed by atoms with Crippen LogP contribution < -0.4 is 14.8 Å². The molecule has 150 valence electrons. The third-order valence-electron chi connectivity index (χ3n) is 5.30. The Bertz CT molecular complexity index is 796. The number of rotatable bonds is 6. The van der Waals surface area contributed by atoms with Crippen LogP contribution in [0.15, 0.2) is 48.5 Å². The van der Waals surface area contributed by atoms with Crippen LogP contribution in [-0.2, 0) is 6.42 Å². The van der Waals surface area contributed by atoms with Crippen LogP contribution in [0.25, 0.3) is 0 Å². The molecule has 0 radical (unpaired) electrons. The summed E-state index contributed by atoms with van der Waals surface area (Å²) in [5.41, 5.74) is 2.20. The summed E-state index contributed by atoms with van der Waals surface area (Å²) < 4.78 is 10.9. The summed E-state index contributed by atoms with van der Waals surface area (Å²) in [5, 5.41) is 3.05. The third kappa shape index (κ3) is 4.57. The average Bonchev–Trinajstić information content (AvgIpc) is 2.74. The van der Waals surface area contributed by atoms with Crippen LogP contribution in [0, 0.1) is 0 Å². The van der Waals surface area contributed by atoms with Crippen molar-refractivity contribution in [2.45, 2.75) is 12.5 Å². The van der Waals surface area contributed by atoms with E-state index in [-0.39, 0.29) is 12.1 Å². The van der Waals surface area contributed by atoms with Crippen molar-refractivity contribution in [2.24, 2.45) is 0 Å². The molecule has 0 aliphatic carbocycles. The molecule has 0 saturated carbocycles. The van der Waals surface area contributed by atoms with Gasteiger partial charge in [0.05, 0.1) is 20.3 Å². The Morgan fingerprint density at radius 3 is 2.46 bits per heavy atom. The average molecular weight is 383 g/mol. The lowest BCUT2D eigenvalue weighted by molar-refractivity contribution is 0.108. The molecule has 0 bridgehead atoms. The maximum atomic E-state index is 12.7. The fraction of sp³-hybridized carbons (Fsp3) is 0.409. The van der Waals surface area contributed by atoms with Crippen molar-refractivity contribution in [1.29, 1.82) is 0 Å². The van der Waals surface area contributed by atoms with Gasteiger partial charge in [-0.1, -0.05) is 36.4 Å². The van der Waals surface area contributed by atoms with Gasteiger partial charge in [-0.15, -0.1) is 0 Å². The molecular weight excluding hydrogens is 354 g/mol. The van der Waals surface area contributed by atoms with Crippen molar-refractivity contribution >= 4 is 6.03 Å². The van der Waals surface area contributed by atoms with Crippen molar-refractivity contribution in [3.63, 3.8) is 0 Å². The van der Waals surface area contributed by atoms with E-state index in [1.807, 2.05) is 47.4 Å². The largest absolute Gasteiger partial charge is 0.496 e. The quantitative estimate of drug-likeness (QED) is 0.833. The number of carbonyl (C=O) groups excluding carboxylic acids is 1. The Labute approximate surface area is 167 Å². The second-order valence-electron chi connectivity index (χ2n) is 6.98. The van der Waals surface area contributed by atoms with Gasteiger partial charge in [0.2, 0.25) is 0 Å². The molecule has 1 aliphatic rings. The zero-order valence-corrected chi connectivity index (χ0v) is 16.9. The first kappa shape index (κ1) is 20.0. The molecule has 0 aromatic heterocycles. The highest BCUT2D eigenvalue weighted by atomic mass is 16.5. The SMILES string of the molecule is COc1ccccc1CCNC(=O)N1CCN(C)C(c2ccccc2OC)C1. The normalized spacial score (nSPS) is 17.2. The van der Waals surface area contributed by atoms with E-state index in [2.05, 4.69) is 23.3 Å². The molecule has 1 unspecified atom stereocenters. The van der Waals surface area contributed by atoms with Crippen LogP contribution in [0.2, 0.25) is 0 Å². The van der Waals surface area contributed by atoms with E-state index in [1.165, 1.54) is 0 Å². The molecule has 1 heterocycles. The minimum Gasteiger partial charge on any atom is -0.496 e. The van der Waals surface area contributed by atoms with E-state index in [0.29, 0.717) is 19.6 Å². The minimum absolute atomic E-state index is 0.0251. The molecule has 1 aliphatic heterocycles. The highest BCUT2D eigenvalue weighted by Crippen LogP contribution is 2.31. The number of hydrogen-bond acceptors (Lipinski definition) is 4. The monoisotopic (exact) mass is 383 g/mol. The summed E-state index contributed by atoms with van der Waals surface area (Å²) in [6, 6.07) is 16.0. The lowest BCUT2D eigenvalue weighted by Crippen LogP contribution is -2.52. The standard InChI is InChI=1S/C22H29N3O3/c1-24-14-15-25(16-19(24)18-9-5-7-11-21(18)28-3)22(26)23-13-12-17-8-4-6-10-20(17)27-2/h4-11,19H,12-16H2,1-3H3,(H,23,26). The molecule has 2 aromatic rings. The zero-order chi connectivity index (χ0) is 19.9. The lowest BCUT2D eigenvalue weighted by Gasteiger charge is -2.40. The molecule has 1 saturated heterocycles. The van der Waals surface area contributed by atoms with Crippen molar-refractivity contribution in [1.82, 2.24) is 15.1 Å². The van der Waals surface area contributed by atoms with Gasteiger partial charge in [-0.05, 0) is 31.2 Å². The molecule has 1 N–H and O–H groups in total. The number of methoxy groups -OCH3 is 2. The van der Waals surface area contributed by atoms with E-state index >= 15 is 0 Å². The van der Waals surface area contributed by atoms with Gasteiger partial charge in [0.15, 0.2) is 0 Å². The second-order valence-corrected chi connectivity index (χ2v) is 6.98. The number of nitrogens with zero attached hydrogens (tertiary/aromatic N) is 2. The predicted octanol–water partition coefficient (Wildman–Crippen LogP) is 2.94. The number of benzene rings is 2. The number of nitrogens with one attached hydrogen (secondary N) is 1. The maximum Gasteiger partial charge on any atom is 0.317 e. The number of likely N-dealkylation sites (N-methyl/N-ethyl adjacent to an activating group) is 1. The Balaban J connectivity index is 1.59. The summed E-state index contributed by atoms with van der Waals surface area (Å²) in [6.07, 6.45) is 0.736. The molecule has 1 fully saturated rings. The number of piperazine rings is 1. The number of hydrogen-bond donors (Lipinski definition) is 1. The Morgan fingerprint density at radius 2 is 1.71 bits per heavy atom. The van der Waals surface area contributed by atoms with Gasteiger partial charge in [0.25, 0.3) is 0 Å². The topological polar surface area (TPSA) is 54.0 Å². The molecule has 28 heavy (non-hydrogen) atoms. The summed E-state index contributed by atoms with van der Waals surface area (Å²) >= 11 is 0. The molecule has 6 heteroatoms. The van der Waals surface area contributed by atoms with Gasteiger partial charge in [-0.3, -0.25) is 4.90 Å². The van der Waals surface area contributed by atoms with Gasteiger partial charge in [-0.25, -0.2) is 4.79 Å². The first-order chi connectivity index (χ1) is 13.6. The van der Waals surface area contributed by atoms with Crippen LogP contribution in [0.5, 0.6) is 11.5 Å². The molecular formula is C22H29N3O3. The van der Waals surface area contributed by atoms with Gasteiger partial charge in [-0.2, -0.15) is 0 Å². The van der Waals surface area contributed by atoms with Crippen molar-refractivity contribution < 1.29 is 14.3 Å². The van der Waals surface area contributed by atoms with Crippen molar-refractivity contribution in [2.75, 3.05) is 47.4 Å². The van der Waals surface area contributed by atoms with E-state index in [9.17, 15) is 4.79 Å². The number of urea groups is 1. The first-order valence-electron chi connectivity index (χ1n) is 9.62. The molecule has 0 spiro atoms. The smallest absolute Gasteiger partial charge is 0.317 e. The fourth-order valence-corrected chi connectivity index (χ4v) is 3.66. The van der Waals surface area contributed by atoms with Crippen LogP contribution >= 0.6 is 0 Å². The summed E-state index contributed by atoms with van der Waals surface area (Å²) in [5.74, 6) is 1.71. The Morgan fingerprint density at radius 1 is 1.04 bits per heavy atom. The first-order valence-corrected chi connectivity index (χ1v) is 9.62. The predicted molar refractivity (Wildman–Crippen MR) is 110 cm³/mol. The maximum absolute atomic E-state index is 12.7.